The molecule has 0 spiro atoms. The van der Waals surface area contributed by atoms with Crippen LogP contribution in [0.2, 0.25) is 0 Å². The Balaban J connectivity index is 1.21. The zero-order valence-corrected chi connectivity index (χ0v) is 15.0. The Kier molecular flexibility index (Phi) is 5.22. The zero-order valence-electron chi connectivity index (χ0n) is 15.0. The van der Waals surface area contributed by atoms with Gasteiger partial charge >= 0.3 is 0 Å². The number of hydrogen-bond donors (Lipinski definition) is 1. The summed E-state index contributed by atoms with van der Waals surface area (Å²) in [6, 6.07) is 9.42. The standard InChI is InChI=1S/C20H29N3O2/c24-20(17-3-4-17)23-9-7-18(8-10-23)21-15-16-1-5-19(6-2-16)22-11-13-25-14-12-22/h1-2,5-6,17-18,21H,3-4,7-15H2. The Morgan fingerprint density at radius 1 is 1.00 bits per heavy atom. The van der Waals surface area contributed by atoms with Crippen molar-refractivity contribution in [2.45, 2.75) is 38.3 Å². The number of benzene rings is 1. The maximum atomic E-state index is 12.1. The van der Waals surface area contributed by atoms with E-state index in [9.17, 15) is 4.79 Å². The lowest BCUT2D eigenvalue weighted by Crippen LogP contribution is -2.45. The summed E-state index contributed by atoms with van der Waals surface area (Å²) in [5, 5.41) is 3.67. The van der Waals surface area contributed by atoms with E-state index < -0.39 is 0 Å². The van der Waals surface area contributed by atoms with Crippen molar-refractivity contribution in [3.8, 4) is 0 Å². The van der Waals surface area contributed by atoms with E-state index in [1.807, 2.05) is 0 Å². The summed E-state index contributed by atoms with van der Waals surface area (Å²) in [5.74, 6) is 0.756. The minimum absolute atomic E-state index is 0.356. The van der Waals surface area contributed by atoms with Crippen molar-refractivity contribution in [3.05, 3.63) is 29.8 Å². The number of nitrogens with one attached hydrogen (secondary N) is 1. The molecular formula is C20H29N3O2. The highest BCUT2D eigenvalue weighted by atomic mass is 16.5. The number of likely N-dealkylation sites (tertiary alicyclic amines) is 1. The van der Waals surface area contributed by atoms with Gasteiger partial charge in [-0.15, -0.1) is 0 Å². The minimum Gasteiger partial charge on any atom is -0.378 e. The van der Waals surface area contributed by atoms with E-state index in [1.165, 1.54) is 11.3 Å². The molecule has 0 unspecified atom stereocenters. The summed E-state index contributed by atoms with van der Waals surface area (Å²) in [6.45, 7) is 6.36. The minimum atomic E-state index is 0.356. The first-order chi connectivity index (χ1) is 12.3. The molecule has 4 rings (SSSR count). The van der Waals surface area contributed by atoms with E-state index >= 15 is 0 Å². The van der Waals surface area contributed by atoms with E-state index in [0.717, 1.165) is 71.6 Å². The molecule has 5 nitrogen and oxygen atoms in total. The maximum absolute atomic E-state index is 12.1. The van der Waals surface area contributed by atoms with Gasteiger partial charge < -0.3 is 19.9 Å². The SMILES string of the molecule is O=C(C1CC1)N1CCC(NCc2ccc(N3CCOCC3)cc2)CC1. The summed E-state index contributed by atoms with van der Waals surface area (Å²) in [6.07, 6.45) is 4.36. The summed E-state index contributed by atoms with van der Waals surface area (Å²) in [7, 11) is 0. The molecule has 1 amide bonds. The third kappa shape index (κ3) is 4.33. The highest BCUT2D eigenvalue weighted by molar-refractivity contribution is 5.81. The van der Waals surface area contributed by atoms with Crippen molar-refractivity contribution in [1.29, 1.82) is 0 Å². The van der Waals surface area contributed by atoms with Crippen LogP contribution in [0.3, 0.4) is 0 Å². The predicted octanol–water partition coefficient (Wildman–Crippen LogP) is 2.01. The van der Waals surface area contributed by atoms with Crippen LogP contribution >= 0.6 is 0 Å². The number of carbonyl (C=O) groups is 1. The van der Waals surface area contributed by atoms with Gasteiger partial charge in [0.2, 0.25) is 5.91 Å². The Morgan fingerprint density at radius 3 is 2.32 bits per heavy atom. The van der Waals surface area contributed by atoms with Crippen LogP contribution in [-0.2, 0) is 16.1 Å². The number of nitrogens with zero attached hydrogens (tertiary/aromatic N) is 2. The first-order valence-electron chi connectivity index (χ1n) is 9.73. The molecule has 1 N–H and O–H groups in total. The molecule has 1 saturated carbocycles. The summed E-state index contributed by atoms with van der Waals surface area (Å²) in [5.41, 5.74) is 2.62. The lowest BCUT2D eigenvalue weighted by Gasteiger charge is -2.32. The molecule has 3 aliphatic rings. The smallest absolute Gasteiger partial charge is 0.225 e. The molecule has 5 heteroatoms. The van der Waals surface area contributed by atoms with Gasteiger partial charge in [-0.2, -0.15) is 0 Å². The monoisotopic (exact) mass is 343 g/mol. The van der Waals surface area contributed by atoms with Gasteiger partial charge in [-0.1, -0.05) is 12.1 Å². The van der Waals surface area contributed by atoms with Gasteiger partial charge in [0.1, 0.15) is 0 Å². The van der Waals surface area contributed by atoms with Crippen molar-refractivity contribution in [2.75, 3.05) is 44.3 Å². The number of anilines is 1. The Hall–Kier alpha value is -1.59. The topological polar surface area (TPSA) is 44.8 Å². The molecule has 2 aliphatic heterocycles. The lowest BCUT2D eigenvalue weighted by atomic mass is 10.0. The van der Waals surface area contributed by atoms with Crippen molar-refractivity contribution in [2.24, 2.45) is 5.92 Å². The molecule has 3 fully saturated rings. The van der Waals surface area contributed by atoms with E-state index in [1.54, 1.807) is 0 Å². The number of hydrogen-bond acceptors (Lipinski definition) is 4. The van der Waals surface area contributed by atoms with E-state index in [0.29, 0.717) is 17.9 Å². The zero-order chi connectivity index (χ0) is 17.1. The molecule has 1 aromatic carbocycles. The molecule has 2 heterocycles. The fourth-order valence-electron chi connectivity index (χ4n) is 3.80. The summed E-state index contributed by atoms with van der Waals surface area (Å²) in [4.78, 5) is 16.6. The Bertz CT molecular complexity index is 571. The van der Waals surface area contributed by atoms with Gasteiger partial charge in [-0.25, -0.2) is 0 Å². The molecule has 136 valence electrons. The maximum Gasteiger partial charge on any atom is 0.225 e. The van der Waals surface area contributed by atoms with Crippen LogP contribution in [0.1, 0.15) is 31.2 Å². The molecule has 0 bridgehead atoms. The van der Waals surface area contributed by atoms with Crippen LogP contribution < -0.4 is 10.2 Å². The molecule has 1 aromatic rings. The van der Waals surface area contributed by atoms with Gasteiger partial charge in [0.15, 0.2) is 0 Å². The number of ether oxygens (including phenoxy) is 1. The Morgan fingerprint density at radius 2 is 1.68 bits per heavy atom. The summed E-state index contributed by atoms with van der Waals surface area (Å²) >= 11 is 0. The van der Waals surface area contributed by atoms with Crippen molar-refractivity contribution in [1.82, 2.24) is 10.2 Å². The number of piperidine rings is 1. The second-order valence-corrected chi connectivity index (χ2v) is 7.52. The van der Waals surface area contributed by atoms with Crippen LogP contribution in [0.25, 0.3) is 0 Å². The number of morpholine rings is 1. The predicted molar refractivity (Wildman–Crippen MR) is 98.6 cm³/mol. The fraction of sp³-hybridized carbons (Fsp3) is 0.650. The van der Waals surface area contributed by atoms with Gasteiger partial charge in [-0.05, 0) is 43.4 Å². The molecule has 25 heavy (non-hydrogen) atoms. The first-order valence-corrected chi connectivity index (χ1v) is 9.73. The molecule has 2 saturated heterocycles. The quantitative estimate of drug-likeness (QED) is 0.888. The molecular weight excluding hydrogens is 314 g/mol. The Labute approximate surface area is 150 Å². The van der Waals surface area contributed by atoms with Crippen LogP contribution in [0.4, 0.5) is 5.69 Å². The van der Waals surface area contributed by atoms with Gasteiger partial charge in [0.05, 0.1) is 13.2 Å². The highest BCUT2D eigenvalue weighted by Crippen LogP contribution is 2.31. The van der Waals surface area contributed by atoms with Crippen molar-refractivity contribution >= 4 is 11.6 Å². The molecule has 0 aromatic heterocycles. The fourth-order valence-corrected chi connectivity index (χ4v) is 3.80. The number of amides is 1. The molecule has 0 atom stereocenters. The third-order valence-electron chi connectivity index (χ3n) is 5.64. The van der Waals surface area contributed by atoms with Gasteiger partial charge in [-0.3, -0.25) is 4.79 Å². The van der Waals surface area contributed by atoms with E-state index in [-0.39, 0.29) is 0 Å². The van der Waals surface area contributed by atoms with Crippen molar-refractivity contribution < 1.29 is 9.53 Å². The van der Waals surface area contributed by atoms with E-state index in [4.69, 9.17) is 4.74 Å². The normalized spacial score (nSPS) is 22.2. The van der Waals surface area contributed by atoms with Gasteiger partial charge in [0.25, 0.3) is 0 Å². The van der Waals surface area contributed by atoms with E-state index in [2.05, 4.69) is 39.4 Å². The van der Waals surface area contributed by atoms with Crippen LogP contribution in [-0.4, -0.2) is 56.2 Å². The van der Waals surface area contributed by atoms with Crippen LogP contribution in [0.5, 0.6) is 0 Å². The number of carbonyl (C=O) groups excluding carboxylic acids is 1. The highest BCUT2D eigenvalue weighted by Gasteiger charge is 2.34. The largest absolute Gasteiger partial charge is 0.378 e. The second kappa shape index (κ2) is 7.75. The first kappa shape index (κ1) is 16.9. The molecule has 0 radical (unpaired) electrons. The second-order valence-electron chi connectivity index (χ2n) is 7.52. The average Bonchev–Trinajstić information content (AvgIpc) is 3.53. The summed E-state index contributed by atoms with van der Waals surface area (Å²) < 4.78 is 5.41. The van der Waals surface area contributed by atoms with Gasteiger partial charge in [0, 0.05) is 50.4 Å². The lowest BCUT2D eigenvalue weighted by molar-refractivity contribution is -0.133. The van der Waals surface area contributed by atoms with Crippen LogP contribution in [0, 0.1) is 5.92 Å². The third-order valence-corrected chi connectivity index (χ3v) is 5.64. The average molecular weight is 343 g/mol. The molecule has 1 aliphatic carbocycles. The number of rotatable bonds is 5. The van der Waals surface area contributed by atoms with Crippen LogP contribution in [0.15, 0.2) is 24.3 Å². The van der Waals surface area contributed by atoms with Crippen molar-refractivity contribution in [3.63, 3.8) is 0 Å².